The van der Waals surface area contributed by atoms with Crippen LogP contribution in [0.3, 0.4) is 0 Å². The highest BCUT2D eigenvalue weighted by molar-refractivity contribution is 6.10. The number of benzene rings is 2. The number of carbonyl (C=O) groups is 1. The zero-order valence-electron chi connectivity index (χ0n) is 16.5. The standard InChI is InChI=1S/C21H22FN5O2.ClH/c1-13-21(28)25-24-20-12-29-19-10-15(14-4-2-3-5-16(14)22)17(11-18(19)27(13)20)26-8-6-23-7-9-26;/h2-5,10-11,13,23H,6-9,12H2,1H3,(H,25,28);1H. The van der Waals surface area contributed by atoms with E-state index in [-0.39, 0.29) is 30.7 Å². The normalized spacial score (nSPS) is 20.3. The molecule has 2 aromatic rings. The highest BCUT2D eigenvalue weighted by Crippen LogP contribution is 2.44. The number of piperazine rings is 1. The van der Waals surface area contributed by atoms with E-state index in [9.17, 15) is 9.18 Å². The van der Waals surface area contributed by atoms with Gasteiger partial charge in [0.05, 0.1) is 5.69 Å². The maximum absolute atomic E-state index is 14.7. The number of ether oxygens (including phenoxy) is 1. The molecule has 1 fully saturated rings. The molecule has 1 unspecified atom stereocenters. The van der Waals surface area contributed by atoms with Crippen molar-refractivity contribution in [3.8, 4) is 16.9 Å². The summed E-state index contributed by atoms with van der Waals surface area (Å²) in [5, 5.41) is 7.51. The molecule has 1 saturated heterocycles. The number of halogens is 2. The van der Waals surface area contributed by atoms with Gasteiger partial charge in [0.25, 0.3) is 5.91 Å². The molecular weight excluding hydrogens is 409 g/mol. The third-order valence-electron chi connectivity index (χ3n) is 5.66. The Kier molecular flexibility index (Phi) is 5.53. The van der Waals surface area contributed by atoms with Gasteiger partial charge in [0.1, 0.15) is 24.2 Å². The van der Waals surface area contributed by atoms with Crippen molar-refractivity contribution in [1.29, 1.82) is 0 Å². The van der Waals surface area contributed by atoms with E-state index < -0.39 is 6.04 Å². The summed E-state index contributed by atoms with van der Waals surface area (Å²) in [6, 6.07) is 10.3. The van der Waals surface area contributed by atoms with Gasteiger partial charge < -0.3 is 19.9 Å². The Morgan fingerprint density at radius 2 is 1.90 bits per heavy atom. The number of amides is 1. The second-order valence-corrected chi connectivity index (χ2v) is 7.39. The van der Waals surface area contributed by atoms with Crippen molar-refractivity contribution in [2.45, 2.75) is 13.0 Å². The van der Waals surface area contributed by atoms with Gasteiger partial charge in [0, 0.05) is 43.0 Å². The average molecular weight is 432 g/mol. The van der Waals surface area contributed by atoms with Crippen LogP contribution in [0.5, 0.6) is 5.75 Å². The smallest absolute Gasteiger partial charge is 0.262 e. The summed E-state index contributed by atoms with van der Waals surface area (Å²) < 4.78 is 20.6. The first-order chi connectivity index (χ1) is 14.1. The number of nitrogens with one attached hydrogen (secondary N) is 2. The molecule has 0 aromatic heterocycles. The van der Waals surface area contributed by atoms with Crippen LogP contribution in [-0.2, 0) is 4.79 Å². The monoisotopic (exact) mass is 431 g/mol. The largest absolute Gasteiger partial charge is 0.483 e. The number of hydrazone groups is 1. The second kappa shape index (κ2) is 8.12. The fraction of sp³-hybridized carbons (Fsp3) is 0.333. The van der Waals surface area contributed by atoms with Crippen molar-refractivity contribution >= 4 is 35.5 Å². The Labute approximate surface area is 180 Å². The molecule has 2 aromatic carbocycles. The van der Waals surface area contributed by atoms with Crippen LogP contribution < -0.4 is 25.3 Å². The number of anilines is 2. The lowest BCUT2D eigenvalue weighted by Gasteiger charge is -2.39. The lowest BCUT2D eigenvalue weighted by Crippen LogP contribution is -2.55. The Bertz CT molecular complexity index is 1010. The van der Waals surface area contributed by atoms with Crippen molar-refractivity contribution in [2.24, 2.45) is 5.10 Å². The second-order valence-electron chi connectivity index (χ2n) is 7.39. The summed E-state index contributed by atoms with van der Waals surface area (Å²) in [7, 11) is 0. The number of hydrogen-bond donors (Lipinski definition) is 2. The molecule has 0 radical (unpaired) electrons. The number of hydrogen-bond acceptors (Lipinski definition) is 6. The van der Waals surface area contributed by atoms with Gasteiger partial charge in [-0.3, -0.25) is 4.79 Å². The van der Waals surface area contributed by atoms with Gasteiger partial charge in [-0.1, -0.05) is 18.2 Å². The first-order valence-corrected chi connectivity index (χ1v) is 9.80. The van der Waals surface area contributed by atoms with Crippen molar-refractivity contribution in [3.05, 3.63) is 42.2 Å². The van der Waals surface area contributed by atoms with Crippen LogP contribution in [-0.4, -0.2) is 50.6 Å². The molecule has 9 heteroatoms. The number of nitrogens with zero attached hydrogens (tertiary/aromatic N) is 3. The summed E-state index contributed by atoms with van der Waals surface area (Å²) in [4.78, 5) is 16.4. The zero-order chi connectivity index (χ0) is 20.0. The van der Waals surface area contributed by atoms with Gasteiger partial charge in [-0.2, -0.15) is 5.10 Å². The topological polar surface area (TPSA) is 69.2 Å². The van der Waals surface area contributed by atoms with Crippen LogP contribution in [0.2, 0.25) is 0 Å². The number of rotatable bonds is 2. The molecule has 3 heterocycles. The Hall–Kier alpha value is -2.84. The highest BCUT2D eigenvalue weighted by Gasteiger charge is 2.36. The lowest BCUT2D eigenvalue weighted by molar-refractivity contribution is -0.122. The maximum atomic E-state index is 14.7. The minimum Gasteiger partial charge on any atom is -0.483 e. The van der Waals surface area contributed by atoms with E-state index >= 15 is 0 Å². The molecule has 3 aliphatic heterocycles. The fourth-order valence-corrected chi connectivity index (χ4v) is 4.12. The predicted molar refractivity (Wildman–Crippen MR) is 117 cm³/mol. The molecular formula is C21H23ClFN5O2. The zero-order valence-corrected chi connectivity index (χ0v) is 17.3. The first-order valence-electron chi connectivity index (χ1n) is 9.80. The molecule has 1 amide bonds. The summed E-state index contributed by atoms with van der Waals surface area (Å²) in [6.07, 6.45) is 0. The molecule has 7 nitrogen and oxygen atoms in total. The average Bonchev–Trinajstić information content (AvgIpc) is 2.76. The molecule has 3 aliphatic rings. The molecule has 1 atom stereocenters. The summed E-state index contributed by atoms with van der Waals surface area (Å²) in [5.74, 6) is 0.855. The summed E-state index contributed by atoms with van der Waals surface area (Å²) in [5.41, 5.74) is 5.58. The van der Waals surface area contributed by atoms with Crippen LogP contribution in [0.25, 0.3) is 11.1 Å². The van der Waals surface area contributed by atoms with Gasteiger partial charge in [-0.05, 0) is 25.1 Å². The number of fused-ring (bicyclic) bond motifs is 3. The Morgan fingerprint density at radius 1 is 1.13 bits per heavy atom. The number of carbonyl (C=O) groups excluding carboxylic acids is 1. The lowest BCUT2D eigenvalue weighted by atomic mass is 9.99. The molecule has 158 valence electrons. The maximum Gasteiger partial charge on any atom is 0.262 e. The summed E-state index contributed by atoms with van der Waals surface area (Å²) in [6.45, 7) is 5.45. The third kappa shape index (κ3) is 3.36. The minimum atomic E-state index is -0.402. The van der Waals surface area contributed by atoms with Gasteiger partial charge in [-0.25, -0.2) is 9.82 Å². The fourth-order valence-electron chi connectivity index (χ4n) is 4.12. The molecule has 30 heavy (non-hydrogen) atoms. The van der Waals surface area contributed by atoms with Gasteiger partial charge >= 0.3 is 0 Å². The van der Waals surface area contributed by atoms with E-state index in [2.05, 4.69) is 20.7 Å². The molecule has 0 spiro atoms. The van der Waals surface area contributed by atoms with E-state index in [0.29, 0.717) is 17.1 Å². The van der Waals surface area contributed by atoms with E-state index in [4.69, 9.17) is 4.74 Å². The van der Waals surface area contributed by atoms with E-state index in [1.165, 1.54) is 6.07 Å². The van der Waals surface area contributed by atoms with Crippen molar-refractivity contribution in [2.75, 3.05) is 42.6 Å². The van der Waals surface area contributed by atoms with Crippen LogP contribution in [0.15, 0.2) is 41.5 Å². The molecule has 0 saturated carbocycles. The minimum absolute atomic E-state index is 0. The van der Waals surface area contributed by atoms with Crippen molar-refractivity contribution in [1.82, 2.24) is 10.7 Å². The van der Waals surface area contributed by atoms with Crippen LogP contribution in [0.1, 0.15) is 6.92 Å². The predicted octanol–water partition coefficient (Wildman–Crippen LogP) is 2.35. The number of amidine groups is 1. The third-order valence-corrected chi connectivity index (χ3v) is 5.66. The molecule has 0 bridgehead atoms. The molecule has 5 rings (SSSR count). The Balaban J connectivity index is 0.00000218. The van der Waals surface area contributed by atoms with E-state index in [0.717, 1.165) is 43.1 Å². The van der Waals surface area contributed by atoms with Crippen LogP contribution in [0, 0.1) is 5.82 Å². The quantitative estimate of drug-likeness (QED) is 0.764. The van der Waals surface area contributed by atoms with Gasteiger partial charge in [0.2, 0.25) is 0 Å². The molecule has 0 aliphatic carbocycles. The van der Waals surface area contributed by atoms with Crippen molar-refractivity contribution < 1.29 is 13.9 Å². The van der Waals surface area contributed by atoms with E-state index in [1.54, 1.807) is 12.1 Å². The van der Waals surface area contributed by atoms with Crippen LogP contribution >= 0.6 is 12.4 Å². The van der Waals surface area contributed by atoms with Gasteiger partial charge in [-0.15, -0.1) is 12.4 Å². The first kappa shape index (κ1) is 20.4. The highest BCUT2D eigenvalue weighted by atomic mass is 35.5. The van der Waals surface area contributed by atoms with Crippen molar-refractivity contribution in [3.63, 3.8) is 0 Å². The SMILES string of the molecule is CC1C(=O)NN=C2COc3cc(-c4ccccc4F)c(N4CCNCC4)cc3N21.Cl. The molecule has 2 N–H and O–H groups in total. The summed E-state index contributed by atoms with van der Waals surface area (Å²) >= 11 is 0. The van der Waals surface area contributed by atoms with Crippen LogP contribution in [0.4, 0.5) is 15.8 Å². The van der Waals surface area contributed by atoms with E-state index in [1.807, 2.05) is 30.0 Å². The van der Waals surface area contributed by atoms with Gasteiger partial charge in [0.15, 0.2) is 5.84 Å². The Morgan fingerprint density at radius 3 is 2.67 bits per heavy atom.